The average molecular weight is 316 g/mol. The van der Waals surface area contributed by atoms with Gasteiger partial charge in [-0.05, 0) is 33.0 Å². The van der Waals surface area contributed by atoms with E-state index in [0.29, 0.717) is 12.8 Å². The molecule has 1 aliphatic rings. The molecule has 0 aliphatic carbocycles. The van der Waals surface area contributed by atoms with Gasteiger partial charge in [-0.25, -0.2) is 17.9 Å². The third-order valence-corrected chi connectivity index (χ3v) is 5.25. The number of aryl methyl sites for hydroxylation is 1. The van der Waals surface area contributed by atoms with Gasteiger partial charge in [-0.1, -0.05) is 0 Å². The Morgan fingerprint density at radius 1 is 1.14 bits per heavy atom. The molecule has 2 heterocycles. The van der Waals surface area contributed by atoms with Crippen LogP contribution in [0.2, 0.25) is 0 Å². The summed E-state index contributed by atoms with van der Waals surface area (Å²) in [6.45, 7) is 1.61. The number of rotatable bonds is 3. The molecule has 0 saturated carbocycles. The summed E-state index contributed by atoms with van der Waals surface area (Å²) >= 11 is 0. The second-order valence-electron chi connectivity index (χ2n) is 5.45. The SMILES string of the molecule is CN1CCC(NS(=O)(=O)c2cn(C)c(=O)n(C)c2=O)CC1. The number of hydrogen-bond acceptors (Lipinski definition) is 5. The van der Waals surface area contributed by atoms with Crippen LogP contribution < -0.4 is 16.0 Å². The van der Waals surface area contributed by atoms with Gasteiger partial charge in [-0.3, -0.25) is 9.36 Å². The Hall–Kier alpha value is -1.45. The van der Waals surface area contributed by atoms with Crippen LogP contribution in [0.25, 0.3) is 0 Å². The van der Waals surface area contributed by atoms with Gasteiger partial charge in [-0.2, -0.15) is 0 Å². The van der Waals surface area contributed by atoms with E-state index in [0.717, 1.165) is 28.4 Å². The maximum Gasteiger partial charge on any atom is 0.330 e. The first-order chi connectivity index (χ1) is 9.72. The van der Waals surface area contributed by atoms with Gasteiger partial charge in [0.05, 0.1) is 0 Å². The second kappa shape index (κ2) is 5.74. The topological polar surface area (TPSA) is 93.4 Å². The van der Waals surface area contributed by atoms with Gasteiger partial charge in [0.2, 0.25) is 10.0 Å². The predicted octanol–water partition coefficient (Wildman–Crippen LogP) is -1.54. The van der Waals surface area contributed by atoms with Gasteiger partial charge < -0.3 is 9.47 Å². The number of likely N-dealkylation sites (tertiary alicyclic amines) is 1. The molecule has 0 spiro atoms. The summed E-state index contributed by atoms with van der Waals surface area (Å²) < 4.78 is 29.2. The summed E-state index contributed by atoms with van der Waals surface area (Å²) in [5.41, 5.74) is -1.36. The Morgan fingerprint density at radius 2 is 1.71 bits per heavy atom. The fourth-order valence-electron chi connectivity index (χ4n) is 2.37. The molecule has 0 bridgehead atoms. The van der Waals surface area contributed by atoms with Gasteiger partial charge >= 0.3 is 5.69 Å². The van der Waals surface area contributed by atoms with Crippen molar-refractivity contribution in [2.24, 2.45) is 14.1 Å². The molecule has 1 aromatic rings. The van der Waals surface area contributed by atoms with Crippen LogP contribution in [0.15, 0.2) is 20.7 Å². The van der Waals surface area contributed by atoms with Crippen molar-refractivity contribution in [2.45, 2.75) is 23.8 Å². The summed E-state index contributed by atoms with van der Waals surface area (Å²) in [5, 5.41) is 0. The highest BCUT2D eigenvalue weighted by atomic mass is 32.2. The molecule has 0 atom stereocenters. The molecule has 21 heavy (non-hydrogen) atoms. The molecule has 0 amide bonds. The molecule has 0 aromatic carbocycles. The first-order valence-corrected chi connectivity index (χ1v) is 8.18. The Bertz CT molecular complexity index is 742. The normalized spacial score (nSPS) is 18.0. The number of hydrogen-bond donors (Lipinski definition) is 1. The number of piperidine rings is 1. The quantitative estimate of drug-likeness (QED) is 0.729. The van der Waals surface area contributed by atoms with Crippen molar-refractivity contribution in [3.8, 4) is 0 Å². The van der Waals surface area contributed by atoms with Crippen LogP contribution in [-0.4, -0.2) is 48.6 Å². The Morgan fingerprint density at radius 3 is 2.29 bits per heavy atom. The van der Waals surface area contributed by atoms with Crippen molar-refractivity contribution in [3.05, 3.63) is 27.0 Å². The molecule has 1 aromatic heterocycles. The van der Waals surface area contributed by atoms with Gasteiger partial charge in [0.15, 0.2) is 4.90 Å². The lowest BCUT2D eigenvalue weighted by Gasteiger charge is -2.29. The zero-order valence-corrected chi connectivity index (χ0v) is 13.2. The van der Waals surface area contributed by atoms with E-state index in [4.69, 9.17) is 0 Å². The van der Waals surface area contributed by atoms with Gasteiger partial charge in [0.1, 0.15) is 0 Å². The summed E-state index contributed by atoms with van der Waals surface area (Å²) in [7, 11) is 0.724. The summed E-state index contributed by atoms with van der Waals surface area (Å²) in [6.07, 6.45) is 2.46. The zero-order valence-electron chi connectivity index (χ0n) is 12.4. The molecular weight excluding hydrogens is 296 g/mol. The molecule has 0 radical (unpaired) electrons. The molecule has 118 valence electrons. The zero-order chi connectivity index (χ0) is 15.8. The largest absolute Gasteiger partial charge is 0.330 e. The highest BCUT2D eigenvalue weighted by Crippen LogP contribution is 2.11. The van der Waals surface area contributed by atoms with Crippen molar-refractivity contribution >= 4 is 10.0 Å². The van der Waals surface area contributed by atoms with Crippen LogP contribution in [0.3, 0.4) is 0 Å². The third kappa shape index (κ3) is 3.25. The average Bonchev–Trinajstić information content (AvgIpc) is 2.42. The molecule has 1 N–H and O–H groups in total. The van der Waals surface area contributed by atoms with Crippen LogP contribution in [0.4, 0.5) is 0 Å². The maximum atomic E-state index is 12.4. The molecule has 9 heteroatoms. The van der Waals surface area contributed by atoms with Gasteiger partial charge in [-0.15, -0.1) is 0 Å². The first kappa shape index (κ1) is 15.9. The minimum atomic E-state index is -3.93. The van der Waals surface area contributed by atoms with Crippen molar-refractivity contribution in [3.63, 3.8) is 0 Å². The van der Waals surface area contributed by atoms with Crippen LogP contribution in [0.1, 0.15) is 12.8 Å². The number of sulfonamides is 1. The van der Waals surface area contributed by atoms with Crippen molar-refractivity contribution in [2.75, 3.05) is 20.1 Å². The molecule has 8 nitrogen and oxygen atoms in total. The first-order valence-electron chi connectivity index (χ1n) is 6.70. The van der Waals surface area contributed by atoms with Gasteiger partial charge in [0.25, 0.3) is 5.56 Å². The maximum absolute atomic E-state index is 12.4. The summed E-state index contributed by atoms with van der Waals surface area (Å²) in [4.78, 5) is 25.3. The molecule has 1 saturated heterocycles. The van der Waals surface area contributed by atoms with E-state index in [1.165, 1.54) is 14.1 Å². The highest BCUT2D eigenvalue weighted by Gasteiger charge is 2.26. The van der Waals surface area contributed by atoms with Crippen LogP contribution in [0.5, 0.6) is 0 Å². The number of nitrogens with zero attached hydrogens (tertiary/aromatic N) is 3. The predicted molar refractivity (Wildman–Crippen MR) is 77.8 cm³/mol. The van der Waals surface area contributed by atoms with E-state index in [-0.39, 0.29) is 6.04 Å². The van der Waals surface area contributed by atoms with Crippen LogP contribution in [0, 0.1) is 0 Å². The summed E-state index contributed by atoms with van der Waals surface area (Å²) in [5.74, 6) is 0. The van der Waals surface area contributed by atoms with Crippen LogP contribution in [-0.2, 0) is 24.1 Å². The lowest BCUT2D eigenvalue weighted by atomic mass is 10.1. The fraction of sp³-hybridized carbons (Fsp3) is 0.667. The van der Waals surface area contributed by atoms with E-state index >= 15 is 0 Å². The lowest BCUT2D eigenvalue weighted by molar-refractivity contribution is 0.248. The van der Waals surface area contributed by atoms with Crippen molar-refractivity contribution in [1.29, 1.82) is 0 Å². The van der Waals surface area contributed by atoms with E-state index in [1.54, 1.807) is 0 Å². The molecule has 1 aliphatic heterocycles. The fourth-order valence-corrected chi connectivity index (χ4v) is 3.83. The monoisotopic (exact) mass is 316 g/mol. The minimum Gasteiger partial charge on any atom is -0.306 e. The second-order valence-corrected chi connectivity index (χ2v) is 7.13. The van der Waals surface area contributed by atoms with E-state index < -0.39 is 26.2 Å². The van der Waals surface area contributed by atoms with Gasteiger partial charge in [0, 0.05) is 26.3 Å². The molecule has 0 unspecified atom stereocenters. The minimum absolute atomic E-state index is 0.187. The van der Waals surface area contributed by atoms with E-state index in [9.17, 15) is 18.0 Å². The molecule has 1 fully saturated rings. The lowest BCUT2D eigenvalue weighted by Crippen LogP contribution is -2.46. The number of aromatic nitrogens is 2. The van der Waals surface area contributed by atoms with Crippen molar-refractivity contribution in [1.82, 2.24) is 18.8 Å². The number of nitrogens with one attached hydrogen (secondary N) is 1. The molecular formula is C12H20N4O4S. The smallest absolute Gasteiger partial charge is 0.306 e. The summed E-state index contributed by atoms with van der Waals surface area (Å²) in [6, 6.07) is -0.187. The Kier molecular flexibility index (Phi) is 4.35. The Labute approximate surface area is 123 Å². The highest BCUT2D eigenvalue weighted by molar-refractivity contribution is 7.89. The third-order valence-electron chi connectivity index (χ3n) is 3.74. The standard InChI is InChI=1S/C12H20N4O4S/c1-14-6-4-9(5-7-14)13-21(19,20)10-8-15(2)12(18)16(3)11(10)17/h8-9,13H,4-7H2,1-3H3. The Balaban J connectivity index is 2.33. The van der Waals surface area contributed by atoms with E-state index in [1.807, 2.05) is 7.05 Å². The van der Waals surface area contributed by atoms with E-state index in [2.05, 4.69) is 9.62 Å². The molecule has 2 rings (SSSR count). The van der Waals surface area contributed by atoms with Crippen LogP contribution >= 0.6 is 0 Å². The van der Waals surface area contributed by atoms with Crippen molar-refractivity contribution < 1.29 is 8.42 Å².